The van der Waals surface area contributed by atoms with Crippen molar-refractivity contribution in [2.24, 2.45) is 33.2 Å². The number of anilines is 1. The van der Waals surface area contributed by atoms with Gasteiger partial charge in [0.1, 0.15) is 11.6 Å². The van der Waals surface area contributed by atoms with Crippen molar-refractivity contribution in [3.8, 4) is 0 Å². The number of nitrogens with one attached hydrogen (secondary N) is 1. The summed E-state index contributed by atoms with van der Waals surface area (Å²) in [4.78, 5) is 70.3. The van der Waals surface area contributed by atoms with Crippen molar-refractivity contribution in [3.05, 3.63) is 75.2 Å². The zero-order valence-electron chi connectivity index (χ0n) is 19.6. The zero-order valence-corrected chi connectivity index (χ0v) is 20.4. The molecule has 0 radical (unpaired) electrons. The molecular formula is C21H25N7O5S. The number of aliphatic imine (C=N–C) groups is 1. The zero-order chi connectivity index (χ0) is 25.3. The largest absolute Gasteiger partial charge is 0.369 e. The highest BCUT2D eigenvalue weighted by Crippen LogP contribution is 2.37. The molecule has 0 saturated heterocycles. The van der Waals surface area contributed by atoms with E-state index in [0.717, 1.165) is 13.7 Å². The minimum Gasteiger partial charge on any atom is -0.369 e. The Kier molecular flexibility index (Phi) is 6.86. The summed E-state index contributed by atoms with van der Waals surface area (Å²) < 4.78 is 4.18. The van der Waals surface area contributed by atoms with Crippen molar-refractivity contribution < 1.29 is 4.79 Å². The van der Waals surface area contributed by atoms with Crippen LogP contribution >= 0.6 is 11.3 Å². The molecule has 3 aromatic rings. The van der Waals surface area contributed by atoms with Crippen LogP contribution in [0.3, 0.4) is 0 Å². The molecule has 0 aliphatic heterocycles. The maximum absolute atomic E-state index is 13.5. The van der Waals surface area contributed by atoms with Crippen LogP contribution in [-0.2, 0) is 33.0 Å². The van der Waals surface area contributed by atoms with Gasteiger partial charge in [-0.15, -0.1) is 11.3 Å². The van der Waals surface area contributed by atoms with Gasteiger partial charge in [0.05, 0.1) is 23.4 Å². The molecular weight excluding hydrogens is 462 g/mol. The molecule has 12 nitrogen and oxygen atoms in total. The highest BCUT2D eigenvalue weighted by atomic mass is 32.1. The van der Waals surface area contributed by atoms with Gasteiger partial charge < -0.3 is 10.2 Å². The molecule has 0 bridgehead atoms. The third kappa shape index (κ3) is 4.05. The average molecular weight is 488 g/mol. The molecule has 34 heavy (non-hydrogen) atoms. The third-order valence-corrected chi connectivity index (χ3v) is 6.32. The monoisotopic (exact) mass is 487 g/mol. The van der Waals surface area contributed by atoms with Gasteiger partial charge >= 0.3 is 11.4 Å². The molecule has 0 saturated carbocycles. The van der Waals surface area contributed by atoms with Gasteiger partial charge in [0.25, 0.3) is 11.1 Å². The molecule has 180 valence electrons. The summed E-state index contributed by atoms with van der Waals surface area (Å²) in [6, 6.07) is 3.48. The molecule has 3 heterocycles. The summed E-state index contributed by atoms with van der Waals surface area (Å²) in [5.41, 5.74) is -2.54. The van der Waals surface area contributed by atoms with Crippen molar-refractivity contribution >= 4 is 35.7 Å². The number of hydrogen-bond donors (Lipinski definition) is 1. The topological polar surface area (TPSA) is 133 Å². The van der Waals surface area contributed by atoms with Gasteiger partial charge in [0, 0.05) is 47.2 Å². The van der Waals surface area contributed by atoms with Crippen LogP contribution < -0.4 is 27.8 Å². The van der Waals surface area contributed by atoms with Crippen LogP contribution in [0.5, 0.6) is 0 Å². The number of amides is 1. The van der Waals surface area contributed by atoms with E-state index in [-0.39, 0.29) is 22.8 Å². The van der Waals surface area contributed by atoms with E-state index in [0.29, 0.717) is 11.3 Å². The van der Waals surface area contributed by atoms with Gasteiger partial charge in [0.15, 0.2) is 0 Å². The fourth-order valence-corrected chi connectivity index (χ4v) is 4.53. The lowest BCUT2D eigenvalue weighted by molar-refractivity contribution is -0.105. The lowest BCUT2D eigenvalue weighted by Crippen LogP contribution is -2.43. The van der Waals surface area contributed by atoms with Crippen molar-refractivity contribution in [2.75, 3.05) is 19.4 Å². The van der Waals surface area contributed by atoms with E-state index < -0.39 is 28.4 Å². The standard InChI is InChI=1S/C21H25N7O5S/c1-24(2)10-22-16-14(18(30)27(5)20(32)25(16)3)13(12-8-7-9-34-12)15-17(23-11-29)26(4)21(33)28(6)19(15)31/h7-11,13H,1-6H3,(H,23,29)/b22-10+. The van der Waals surface area contributed by atoms with Gasteiger partial charge in [-0.05, 0) is 11.4 Å². The summed E-state index contributed by atoms with van der Waals surface area (Å²) in [5, 5.41) is 4.22. The van der Waals surface area contributed by atoms with Crippen LogP contribution in [0.15, 0.2) is 41.7 Å². The number of thiophene rings is 1. The Bertz CT molecular complexity index is 1510. The Morgan fingerprint density at radius 3 is 2.06 bits per heavy atom. The summed E-state index contributed by atoms with van der Waals surface area (Å²) in [5.74, 6) is -1.04. The number of carbonyl (C=O) groups is 1. The molecule has 13 heteroatoms. The first-order valence-electron chi connectivity index (χ1n) is 10.1. The first-order chi connectivity index (χ1) is 16.0. The molecule has 1 N–H and O–H groups in total. The number of carbonyl (C=O) groups excluding carboxylic acids is 1. The van der Waals surface area contributed by atoms with Crippen molar-refractivity contribution in [2.45, 2.75) is 5.92 Å². The van der Waals surface area contributed by atoms with E-state index in [1.165, 1.54) is 50.4 Å². The second-order valence-corrected chi connectivity index (χ2v) is 8.81. The maximum Gasteiger partial charge on any atom is 0.332 e. The lowest BCUT2D eigenvalue weighted by Gasteiger charge is -2.23. The fraction of sp³-hybridized carbons (Fsp3) is 0.333. The SMILES string of the molecule is CN(C)/C=N/c1c(C(c2cccs2)c2c(NC=O)n(C)c(=O)n(C)c2=O)c(=O)n(C)c(=O)n1C. The molecule has 1 unspecified atom stereocenters. The molecule has 0 aliphatic carbocycles. The van der Waals surface area contributed by atoms with Crippen molar-refractivity contribution in [1.29, 1.82) is 0 Å². The highest BCUT2D eigenvalue weighted by Gasteiger charge is 2.33. The minimum absolute atomic E-state index is 0.00352. The van der Waals surface area contributed by atoms with Gasteiger partial charge in [-0.2, -0.15) is 0 Å². The Morgan fingerprint density at radius 2 is 1.53 bits per heavy atom. The summed E-state index contributed by atoms with van der Waals surface area (Å²) in [6.45, 7) is 0. The molecule has 0 fully saturated rings. The first-order valence-corrected chi connectivity index (χ1v) is 10.9. The summed E-state index contributed by atoms with van der Waals surface area (Å²) >= 11 is 1.28. The fourth-order valence-electron chi connectivity index (χ4n) is 3.68. The number of aromatic nitrogens is 4. The van der Waals surface area contributed by atoms with Gasteiger partial charge in [-0.1, -0.05) is 6.07 Å². The van der Waals surface area contributed by atoms with Crippen molar-refractivity contribution in [1.82, 2.24) is 23.2 Å². The van der Waals surface area contributed by atoms with E-state index >= 15 is 0 Å². The van der Waals surface area contributed by atoms with E-state index in [1.54, 1.807) is 36.5 Å². The molecule has 0 aromatic carbocycles. The van der Waals surface area contributed by atoms with E-state index in [4.69, 9.17) is 0 Å². The van der Waals surface area contributed by atoms with Crippen LogP contribution in [0.4, 0.5) is 11.6 Å². The second kappa shape index (κ2) is 9.47. The number of hydrogen-bond acceptors (Lipinski definition) is 7. The Hall–Kier alpha value is -4.00. The quantitative estimate of drug-likeness (QED) is 0.272. The van der Waals surface area contributed by atoms with Gasteiger partial charge in [-0.3, -0.25) is 32.7 Å². The molecule has 0 spiro atoms. The van der Waals surface area contributed by atoms with E-state index in [2.05, 4.69) is 10.3 Å². The molecule has 0 aliphatic rings. The molecule has 1 amide bonds. The average Bonchev–Trinajstić information content (AvgIpc) is 3.33. The second-order valence-electron chi connectivity index (χ2n) is 7.83. The highest BCUT2D eigenvalue weighted by molar-refractivity contribution is 7.10. The smallest absolute Gasteiger partial charge is 0.332 e. The molecule has 3 rings (SSSR count). The number of nitrogens with zero attached hydrogens (tertiary/aromatic N) is 6. The minimum atomic E-state index is -1.03. The predicted octanol–water partition coefficient (Wildman–Crippen LogP) is -0.487. The maximum atomic E-state index is 13.5. The molecule has 3 aromatic heterocycles. The first kappa shape index (κ1) is 24.6. The van der Waals surface area contributed by atoms with Crippen molar-refractivity contribution in [3.63, 3.8) is 0 Å². The van der Waals surface area contributed by atoms with Crippen LogP contribution in [0.25, 0.3) is 0 Å². The lowest BCUT2D eigenvalue weighted by atomic mass is 9.91. The molecule has 1 atom stereocenters. The van der Waals surface area contributed by atoms with Gasteiger partial charge in [-0.25, -0.2) is 14.6 Å². The number of rotatable bonds is 7. The predicted molar refractivity (Wildman–Crippen MR) is 131 cm³/mol. The normalized spacial score (nSPS) is 12.2. The Morgan fingerprint density at radius 1 is 0.941 bits per heavy atom. The van der Waals surface area contributed by atoms with Crippen LogP contribution in [0, 0.1) is 0 Å². The Labute approximate surface area is 197 Å². The summed E-state index contributed by atoms with van der Waals surface area (Å²) in [7, 11) is 8.99. The summed E-state index contributed by atoms with van der Waals surface area (Å²) in [6.07, 6.45) is 1.79. The van der Waals surface area contributed by atoms with Crippen LogP contribution in [0.2, 0.25) is 0 Å². The van der Waals surface area contributed by atoms with E-state index in [1.807, 2.05) is 0 Å². The van der Waals surface area contributed by atoms with E-state index in [9.17, 15) is 24.0 Å². The Balaban J connectivity index is 2.61. The van der Waals surface area contributed by atoms with Crippen LogP contribution in [0.1, 0.15) is 21.9 Å². The third-order valence-electron chi connectivity index (χ3n) is 5.38. The van der Waals surface area contributed by atoms with Crippen LogP contribution in [-0.4, -0.2) is 50.0 Å². The van der Waals surface area contributed by atoms with Gasteiger partial charge in [0.2, 0.25) is 6.41 Å².